The van der Waals surface area contributed by atoms with Crippen molar-refractivity contribution in [3.05, 3.63) is 71.8 Å². The molecule has 1 saturated heterocycles. The molecule has 2 aromatic carbocycles. The molecule has 6 heteroatoms. The number of hydrogen-bond acceptors (Lipinski definition) is 3. The molecule has 4 rings (SSSR count). The number of carbonyl (C=O) groups excluding carboxylic acids is 1. The summed E-state index contributed by atoms with van der Waals surface area (Å²) in [5, 5.41) is 6.74. The molecule has 2 heterocycles. The Balaban J connectivity index is 1.43. The van der Waals surface area contributed by atoms with Crippen molar-refractivity contribution in [3.8, 4) is 11.4 Å². The summed E-state index contributed by atoms with van der Waals surface area (Å²) in [5.41, 5.74) is 2.57. The summed E-state index contributed by atoms with van der Waals surface area (Å²) >= 11 is 0. The van der Waals surface area contributed by atoms with E-state index in [0.29, 0.717) is 17.3 Å². The fourth-order valence-corrected chi connectivity index (χ4v) is 3.89. The maximum Gasteiger partial charge on any atom is 0.254 e. The number of hydrogen-bond donors (Lipinski definition) is 1. The van der Waals surface area contributed by atoms with Gasteiger partial charge in [-0.3, -0.25) is 9.89 Å². The summed E-state index contributed by atoms with van der Waals surface area (Å²) in [5.74, 6) is 0.899. The van der Waals surface area contributed by atoms with Crippen molar-refractivity contribution in [2.45, 2.75) is 25.7 Å². The molecule has 3 aromatic rings. The van der Waals surface area contributed by atoms with Crippen molar-refractivity contribution in [3.63, 3.8) is 0 Å². The van der Waals surface area contributed by atoms with Gasteiger partial charge in [-0.05, 0) is 55.4 Å². The van der Waals surface area contributed by atoms with Crippen molar-refractivity contribution >= 4 is 5.91 Å². The minimum Gasteiger partial charge on any atom is -0.338 e. The van der Waals surface area contributed by atoms with E-state index in [1.54, 1.807) is 0 Å². The van der Waals surface area contributed by atoms with Gasteiger partial charge in [0, 0.05) is 18.7 Å². The number of halogens is 1. The van der Waals surface area contributed by atoms with Gasteiger partial charge >= 0.3 is 0 Å². The maximum atomic E-state index is 13.2. The molecule has 1 N–H and O–H groups in total. The second-order valence-corrected chi connectivity index (χ2v) is 7.30. The first-order valence-corrected chi connectivity index (χ1v) is 9.69. The molecule has 0 radical (unpaired) electrons. The molecule has 1 aliphatic heterocycles. The zero-order valence-electron chi connectivity index (χ0n) is 15.6. The van der Waals surface area contributed by atoms with E-state index in [-0.39, 0.29) is 11.7 Å². The highest BCUT2D eigenvalue weighted by molar-refractivity contribution is 6.00. The van der Waals surface area contributed by atoms with Crippen molar-refractivity contribution in [2.24, 2.45) is 5.92 Å². The third kappa shape index (κ3) is 4.11. The molecule has 28 heavy (non-hydrogen) atoms. The van der Waals surface area contributed by atoms with E-state index in [9.17, 15) is 9.18 Å². The van der Waals surface area contributed by atoms with E-state index in [0.717, 1.165) is 49.9 Å². The van der Waals surface area contributed by atoms with Gasteiger partial charge < -0.3 is 4.90 Å². The molecule has 0 bridgehead atoms. The van der Waals surface area contributed by atoms with Crippen LogP contribution in [0.25, 0.3) is 11.4 Å². The lowest BCUT2D eigenvalue weighted by Crippen LogP contribution is -2.40. The Kier molecular flexibility index (Phi) is 5.46. The van der Waals surface area contributed by atoms with E-state index in [2.05, 4.69) is 15.2 Å². The Morgan fingerprint density at radius 2 is 2.00 bits per heavy atom. The summed E-state index contributed by atoms with van der Waals surface area (Å²) in [4.78, 5) is 19.3. The number of aryl methyl sites for hydroxylation is 1. The Bertz CT molecular complexity index is 924. The SMILES string of the molecule is O=C(c1ccccc1-c1ncn[nH]1)N1CCC[C@H](CCc2ccc(F)cc2)C1. The van der Waals surface area contributed by atoms with Crippen LogP contribution in [-0.4, -0.2) is 39.1 Å². The number of rotatable bonds is 5. The highest BCUT2D eigenvalue weighted by atomic mass is 19.1. The number of H-pyrrole nitrogens is 1. The lowest BCUT2D eigenvalue weighted by atomic mass is 9.91. The fraction of sp³-hybridized carbons (Fsp3) is 0.318. The van der Waals surface area contributed by atoms with Crippen LogP contribution in [0.15, 0.2) is 54.9 Å². The van der Waals surface area contributed by atoms with Crippen LogP contribution in [0.3, 0.4) is 0 Å². The zero-order chi connectivity index (χ0) is 19.3. The van der Waals surface area contributed by atoms with Crippen LogP contribution in [0.1, 0.15) is 35.2 Å². The molecular weight excluding hydrogens is 355 g/mol. The van der Waals surface area contributed by atoms with Gasteiger partial charge in [0.25, 0.3) is 5.91 Å². The van der Waals surface area contributed by atoms with Gasteiger partial charge in [-0.25, -0.2) is 9.37 Å². The highest BCUT2D eigenvalue weighted by Gasteiger charge is 2.26. The Hall–Kier alpha value is -3.02. The molecule has 0 saturated carbocycles. The second-order valence-electron chi connectivity index (χ2n) is 7.30. The van der Waals surface area contributed by atoms with E-state index in [1.807, 2.05) is 41.3 Å². The van der Waals surface area contributed by atoms with Gasteiger partial charge in [-0.1, -0.05) is 30.3 Å². The Morgan fingerprint density at radius 1 is 1.18 bits per heavy atom. The van der Waals surface area contributed by atoms with Crippen LogP contribution in [0.5, 0.6) is 0 Å². The van der Waals surface area contributed by atoms with Gasteiger partial charge in [-0.15, -0.1) is 0 Å². The Morgan fingerprint density at radius 3 is 2.79 bits per heavy atom. The van der Waals surface area contributed by atoms with Crippen molar-refractivity contribution in [1.82, 2.24) is 20.1 Å². The normalized spacial score (nSPS) is 16.9. The number of piperidine rings is 1. The predicted molar refractivity (Wildman–Crippen MR) is 105 cm³/mol. The van der Waals surface area contributed by atoms with E-state index < -0.39 is 0 Å². The average Bonchev–Trinajstić information content (AvgIpc) is 3.28. The molecule has 1 amide bonds. The molecule has 0 aliphatic carbocycles. The number of amides is 1. The first-order valence-electron chi connectivity index (χ1n) is 9.69. The van der Waals surface area contributed by atoms with Crippen LogP contribution in [-0.2, 0) is 6.42 Å². The summed E-state index contributed by atoms with van der Waals surface area (Å²) < 4.78 is 13.1. The zero-order valence-corrected chi connectivity index (χ0v) is 15.6. The standard InChI is InChI=1S/C22H23FN4O/c23-18-11-9-16(10-12-18)7-8-17-4-3-13-27(14-17)22(28)20-6-2-1-5-19(20)21-24-15-25-26-21/h1-2,5-6,9-12,15,17H,3-4,7-8,13-14H2,(H,24,25,26)/t17-/m1/s1. The number of likely N-dealkylation sites (tertiary alicyclic amines) is 1. The van der Waals surface area contributed by atoms with Gasteiger partial charge in [0.1, 0.15) is 12.1 Å². The van der Waals surface area contributed by atoms with Gasteiger partial charge in [0.05, 0.1) is 5.56 Å². The van der Waals surface area contributed by atoms with Crippen LogP contribution < -0.4 is 0 Å². The van der Waals surface area contributed by atoms with E-state index in [1.165, 1.54) is 18.5 Å². The van der Waals surface area contributed by atoms with Crippen LogP contribution in [0.2, 0.25) is 0 Å². The topological polar surface area (TPSA) is 61.9 Å². The highest BCUT2D eigenvalue weighted by Crippen LogP contribution is 2.26. The third-order valence-electron chi connectivity index (χ3n) is 5.39. The maximum absolute atomic E-state index is 13.2. The second kappa shape index (κ2) is 8.33. The third-order valence-corrected chi connectivity index (χ3v) is 5.39. The summed E-state index contributed by atoms with van der Waals surface area (Å²) in [6.07, 6.45) is 5.47. The molecular formula is C22H23FN4O. The van der Waals surface area contributed by atoms with Gasteiger partial charge in [0.2, 0.25) is 0 Å². The quantitative estimate of drug-likeness (QED) is 0.727. The predicted octanol–water partition coefficient (Wildman–Crippen LogP) is 4.10. The molecule has 1 aromatic heterocycles. The average molecular weight is 378 g/mol. The molecule has 5 nitrogen and oxygen atoms in total. The summed E-state index contributed by atoms with van der Waals surface area (Å²) in [6.45, 7) is 1.53. The monoisotopic (exact) mass is 378 g/mol. The largest absolute Gasteiger partial charge is 0.338 e. The van der Waals surface area contributed by atoms with Crippen LogP contribution in [0, 0.1) is 11.7 Å². The first kappa shape index (κ1) is 18.3. The number of aromatic nitrogens is 3. The van der Waals surface area contributed by atoms with Gasteiger partial charge in [0.15, 0.2) is 5.82 Å². The van der Waals surface area contributed by atoms with E-state index in [4.69, 9.17) is 0 Å². The lowest BCUT2D eigenvalue weighted by molar-refractivity contribution is 0.0669. The molecule has 0 spiro atoms. The fourth-order valence-electron chi connectivity index (χ4n) is 3.89. The minimum atomic E-state index is -0.205. The minimum absolute atomic E-state index is 0.0403. The summed E-state index contributed by atoms with van der Waals surface area (Å²) in [6, 6.07) is 14.2. The lowest BCUT2D eigenvalue weighted by Gasteiger charge is -2.33. The Labute approximate surface area is 163 Å². The van der Waals surface area contributed by atoms with Crippen molar-refractivity contribution < 1.29 is 9.18 Å². The smallest absolute Gasteiger partial charge is 0.254 e. The number of carbonyl (C=O) groups is 1. The number of benzene rings is 2. The number of aromatic amines is 1. The number of nitrogens with zero attached hydrogens (tertiary/aromatic N) is 3. The van der Waals surface area contributed by atoms with Crippen LogP contribution >= 0.6 is 0 Å². The van der Waals surface area contributed by atoms with Gasteiger partial charge in [-0.2, -0.15) is 5.10 Å². The summed E-state index contributed by atoms with van der Waals surface area (Å²) in [7, 11) is 0. The first-order chi connectivity index (χ1) is 13.7. The number of nitrogens with one attached hydrogen (secondary N) is 1. The molecule has 144 valence electrons. The van der Waals surface area contributed by atoms with Crippen molar-refractivity contribution in [1.29, 1.82) is 0 Å². The molecule has 1 aliphatic rings. The molecule has 1 atom stereocenters. The van der Waals surface area contributed by atoms with E-state index >= 15 is 0 Å². The van der Waals surface area contributed by atoms with Crippen molar-refractivity contribution in [2.75, 3.05) is 13.1 Å². The molecule has 0 unspecified atom stereocenters. The van der Waals surface area contributed by atoms with Crippen LogP contribution in [0.4, 0.5) is 4.39 Å². The molecule has 1 fully saturated rings.